The molecule has 1 aromatic carbocycles. The molecule has 4 heterocycles. The van der Waals surface area contributed by atoms with E-state index in [-0.39, 0.29) is 28.8 Å². The van der Waals surface area contributed by atoms with Gasteiger partial charge in [-0.1, -0.05) is 49.6 Å². The van der Waals surface area contributed by atoms with Gasteiger partial charge in [-0.2, -0.15) is 4.31 Å². The molecular formula is C32H38N4O5S2. The predicted molar refractivity (Wildman–Crippen MR) is 168 cm³/mol. The molecule has 3 aliphatic rings. The molecule has 43 heavy (non-hydrogen) atoms. The molecule has 0 bridgehead atoms. The molecule has 11 heteroatoms. The zero-order chi connectivity index (χ0) is 30.3. The van der Waals surface area contributed by atoms with Crippen LogP contribution < -0.4 is 9.80 Å². The number of rotatable bonds is 7. The molecule has 1 saturated carbocycles. The number of carboxylic acids is 1. The molecule has 2 aliphatic heterocycles. The highest BCUT2D eigenvalue weighted by Crippen LogP contribution is 2.42. The monoisotopic (exact) mass is 622 g/mol. The third kappa shape index (κ3) is 5.70. The van der Waals surface area contributed by atoms with Crippen molar-refractivity contribution in [2.75, 3.05) is 22.9 Å². The van der Waals surface area contributed by atoms with E-state index >= 15 is 0 Å². The summed E-state index contributed by atoms with van der Waals surface area (Å²) >= 11 is 1.14. The number of benzene rings is 1. The number of carboxylic acid groups (broad SMARTS) is 1. The highest BCUT2D eigenvalue weighted by atomic mass is 32.2. The first kappa shape index (κ1) is 29.8. The quantitative estimate of drug-likeness (QED) is 0.351. The Balaban J connectivity index is 1.33. The maximum absolute atomic E-state index is 14.0. The number of nitrogens with zero attached hydrogens (tertiary/aromatic N) is 4. The maximum atomic E-state index is 14.0. The topological polar surface area (TPSA) is 111 Å². The van der Waals surface area contributed by atoms with Crippen LogP contribution in [0, 0.1) is 5.92 Å². The molecule has 0 spiro atoms. The molecule has 3 aromatic rings. The molecule has 228 valence electrons. The van der Waals surface area contributed by atoms with Crippen molar-refractivity contribution in [1.82, 2.24) is 9.29 Å². The van der Waals surface area contributed by atoms with Gasteiger partial charge in [-0.25, -0.2) is 18.2 Å². The number of hydrogen-bond donors (Lipinski definition) is 1. The van der Waals surface area contributed by atoms with Crippen LogP contribution in [0.3, 0.4) is 0 Å². The third-order valence-electron chi connectivity index (χ3n) is 9.30. The van der Waals surface area contributed by atoms with Crippen LogP contribution >= 0.6 is 11.3 Å². The fourth-order valence-electron chi connectivity index (χ4n) is 7.07. The summed E-state index contributed by atoms with van der Waals surface area (Å²) in [5.74, 6) is -0.684. The lowest BCUT2D eigenvalue weighted by atomic mass is 9.82. The molecule has 3 atom stereocenters. The van der Waals surface area contributed by atoms with Crippen LogP contribution in [-0.4, -0.2) is 65.9 Å². The molecule has 6 rings (SSSR count). The van der Waals surface area contributed by atoms with E-state index in [0.717, 1.165) is 72.5 Å². The fraction of sp³-hybridized carbons (Fsp3) is 0.469. The molecule has 9 nitrogen and oxygen atoms in total. The van der Waals surface area contributed by atoms with E-state index in [4.69, 9.17) is 0 Å². The van der Waals surface area contributed by atoms with E-state index in [1.807, 2.05) is 30.3 Å². The van der Waals surface area contributed by atoms with Crippen LogP contribution in [0.2, 0.25) is 0 Å². The number of carbonyl (C=O) groups excluding carboxylic acids is 1. The van der Waals surface area contributed by atoms with Gasteiger partial charge in [-0.15, -0.1) is 11.3 Å². The van der Waals surface area contributed by atoms with Gasteiger partial charge in [0, 0.05) is 29.7 Å². The van der Waals surface area contributed by atoms with Crippen molar-refractivity contribution in [1.29, 1.82) is 0 Å². The van der Waals surface area contributed by atoms with Crippen LogP contribution in [-0.2, 0) is 14.8 Å². The first-order chi connectivity index (χ1) is 20.6. The first-order valence-corrected chi connectivity index (χ1v) is 17.4. The van der Waals surface area contributed by atoms with Gasteiger partial charge in [0.25, 0.3) is 0 Å². The largest absolute Gasteiger partial charge is 0.477 e. The smallest absolute Gasteiger partial charge is 0.348 e. The molecule has 1 aliphatic carbocycles. The highest BCUT2D eigenvalue weighted by Gasteiger charge is 2.44. The summed E-state index contributed by atoms with van der Waals surface area (Å²) in [6.45, 7) is 4.05. The van der Waals surface area contributed by atoms with Gasteiger partial charge in [0.2, 0.25) is 15.9 Å². The van der Waals surface area contributed by atoms with E-state index in [9.17, 15) is 23.1 Å². The van der Waals surface area contributed by atoms with E-state index in [1.54, 1.807) is 23.1 Å². The third-order valence-corrected chi connectivity index (χ3v) is 12.3. The van der Waals surface area contributed by atoms with Gasteiger partial charge in [-0.3, -0.25) is 4.79 Å². The second-order valence-electron chi connectivity index (χ2n) is 12.1. The normalized spacial score (nSPS) is 24.0. The summed E-state index contributed by atoms with van der Waals surface area (Å²) in [6, 6.07) is 14.8. The highest BCUT2D eigenvalue weighted by molar-refractivity contribution is 7.89. The molecule has 1 amide bonds. The van der Waals surface area contributed by atoms with Crippen molar-refractivity contribution >= 4 is 44.7 Å². The summed E-state index contributed by atoms with van der Waals surface area (Å²) in [6.07, 6.45) is 8.37. The number of aromatic carboxylic acids is 1. The minimum Gasteiger partial charge on any atom is -0.477 e. The van der Waals surface area contributed by atoms with E-state index < -0.39 is 27.9 Å². The predicted octanol–water partition coefficient (Wildman–Crippen LogP) is 5.87. The molecule has 3 fully saturated rings. The average molecular weight is 623 g/mol. The molecule has 2 saturated heterocycles. The Kier molecular flexibility index (Phi) is 8.32. The number of sulfonamides is 1. The Bertz CT molecular complexity index is 1580. The van der Waals surface area contributed by atoms with E-state index in [1.165, 1.54) is 10.5 Å². The van der Waals surface area contributed by atoms with Crippen LogP contribution in [0.25, 0.3) is 10.4 Å². The Morgan fingerprint density at radius 3 is 2.30 bits per heavy atom. The summed E-state index contributed by atoms with van der Waals surface area (Å²) in [5, 5.41) is 10.2. The Morgan fingerprint density at radius 1 is 0.977 bits per heavy atom. The molecule has 2 aromatic heterocycles. The number of carbonyl (C=O) groups is 2. The molecular weight excluding hydrogens is 585 g/mol. The average Bonchev–Trinajstić information content (AvgIpc) is 3.61. The van der Waals surface area contributed by atoms with E-state index in [2.05, 4.69) is 23.7 Å². The van der Waals surface area contributed by atoms with Gasteiger partial charge < -0.3 is 14.9 Å². The van der Waals surface area contributed by atoms with Gasteiger partial charge in [0.1, 0.15) is 15.6 Å². The summed E-state index contributed by atoms with van der Waals surface area (Å²) in [4.78, 5) is 35.7. The SMILES string of the molecule is CC1CCC(C)N1c1ccc(S(=O)(=O)N2CC(=O)N(c3cc(-c4ccccc4)sc3C(=O)O)C(C3CCCCC3)C2)cn1. The van der Waals surface area contributed by atoms with Crippen molar-refractivity contribution in [3.8, 4) is 10.4 Å². The Labute approximate surface area is 257 Å². The number of anilines is 2. The number of hydrogen-bond acceptors (Lipinski definition) is 7. The fourth-order valence-corrected chi connectivity index (χ4v) is 9.42. The van der Waals surface area contributed by atoms with Gasteiger partial charge in [0.05, 0.1) is 18.3 Å². The van der Waals surface area contributed by atoms with Crippen LogP contribution in [0.4, 0.5) is 11.5 Å². The lowest BCUT2D eigenvalue weighted by Crippen LogP contribution is -2.60. The summed E-state index contributed by atoms with van der Waals surface area (Å²) < 4.78 is 29.2. The Hall–Kier alpha value is -3.28. The van der Waals surface area contributed by atoms with Crippen molar-refractivity contribution in [2.45, 2.75) is 81.8 Å². The Morgan fingerprint density at radius 2 is 1.67 bits per heavy atom. The molecule has 1 N–H and O–H groups in total. The number of piperazine rings is 1. The standard InChI is InChI=1S/C32H38N4O5S2/c1-21-13-14-22(2)35(21)29-16-15-25(18-33-29)43(40,41)34-19-27(23-9-5-3-6-10-23)36(30(37)20-34)26-17-28(42-31(26)32(38)39)24-11-7-4-8-12-24/h4,7-8,11-12,15-18,21-23,27H,3,5-6,9-10,13-14,19-20H2,1-2H3,(H,38,39). The number of amides is 1. The first-order valence-electron chi connectivity index (χ1n) is 15.1. The number of aromatic nitrogens is 1. The maximum Gasteiger partial charge on any atom is 0.348 e. The van der Waals surface area contributed by atoms with Gasteiger partial charge >= 0.3 is 5.97 Å². The molecule has 3 unspecified atom stereocenters. The minimum atomic E-state index is -4.01. The van der Waals surface area contributed by atoms with Crippen LogP contribution in [0.1, 0.15) is 68.5 Å². The lowest BCUT2D eigenvalue weighted by molar-refractivity contribution is -0.121. The van der Waals surface area contributed by atoms with Crippen LogP contribution in [0.15, 0.2) is 59.6 Å². The second kappa shape index (κ2) is 12.0. The van der Waals surface area contributed by atoms with Crippen LogP contribution in [0.5, 0.6) is 0 Å². The minimum absolute atomic E-state index is 0.0625. The van der Waals surface area contributed by atoms with Crippen molar-refractivity contribution in [3.05, 3.63) is 59.6 Å². The zero-order valence-electron chi connectivity index (χ0n) is 24.6. The number of pyridine rings is 1. The summed E-state index contributed by atoms with van der Waals surface area (Å²) in [7, 11) is -4.01. The molecule has 0 radical (unpaired) electrons. The number of thiophene rings is 1. The lowest BCUT2D eigenvalue weighted by Gasteiger charge is -2.44. The van der Waals surface area contributed by atoms with Gasteiger partial charge in [0.15, 0.2) is 0 Å². The van der Waals surface area contributed by atoms with Crippen molar-refractivity contribution in [3.63, 3.8) is 0 Å². The summed E-state index contributed by atoms with van der Waals surface area (Å²) in [5.41, 5.74) is 1.23. The second-order valence-corrected chi connectivity index (χ2v) is 15.0. The van der Waals surface area contributed by atoms with Gasteiger partial charge in [-0.05, 0) is 69.2 Å². The van der Waals surface area contributed by atoms with E-state index in [0.29, 0.717) is 17.8 Å². The van der Waals surface area contributed by atoms with Crippen molar-refractivity contribution in [2.24, 2.45) is 5.92 Å². The zero-order valence-corrected chi connectivity index (χ0v) is 26.2. The van der Waals surface area contributed by atoms with Crippen molar-refractivity contribution < 1.29 is 23.1 Å².